The van der Waals surface area contributed by atoms with Crippen LogP contribution in [0.5, 0.6) is 0 Å². The summed E-state index contributed by atoms with van der Waals surface area (Å²) >= 11 is 0. The third-order valence-corrected chi connectivity index (χ3v) is 4.27. The van der Waals surface area contributed by atoms with Gasteiger partial charge in [-0.05, 0) is 35.4 Å². The summed E-state index contributed by atoms with van der Waals surface area (Å²) < 4.78 is 0. The van der Waals surface area contributed by atoms with E-state index in [1.165, 1.54) is 42.4 Å². The van der Waals surface area contributed by atoms with E-state index in [1.54, 1.807) is 0 Å². The number of hydrogen-bond donors (Lipinski definition) is 1. The Bertz CT molecular complexity index is 515. The molecular weight excluding hydrogens is 230 g/mol. The molecule has 0 heterocycles. The minimum atomic E-state index is 0.344. The van der Waals surface area contributed by atoms with E-state index in [0.29, 0.717) is 12.0 Å². The summed E-state index contributed by atoms with van der Waals surface area (Å²) in [6.45, 7) is 0. The average Bonchev–Trinajstić information content (AvgIpc) is 2.49. The minimum Gasteiger partial charge on any atom is -0.327 e. The zero-order valence-corrected chi connectivity index (χ0v) is 11.3. The molecule has 1 saturated carbocycles. The second kappa shape index (κ2) is 5.58. The molecule has 2 atom stereocenters. The summed E-state index contributed by atoms with van der Waals surface area (Å²) in [5.41, 5.74) is 10.2. The van der Waals surface area contributed by atoms with E-state index < -0.39 is 0 Å². The van der Waals surface area contributed by atoms with Gasteiger partial charge in [-0.1, -0.05) is 67.4 Å². The first-order chi connectivity index (χ1) is 9.34. The van der Waals surface area contributed by atoms with Crippen LogP contribution in [0.4, 0.5) is 0 Å². The molecular formula is C18H21N. The molecule has 0 radical (unpaired) electrons. The van der Waals surface area contributed by atoms with Gasteiger partial charge in [0.1, 0.15) is 0 Å². The van der Waals surface area contributed by atoms with Crippen LogP contribution in [-0.2, 0) is 0 Å². The van der Waals surface area contributed by atoms with Crippen molar-refractivity contribution in [1.29, 1.82) is 0 Å². The summed E-state index contributed by atoms with van der Waals surface area (Å²) in [6, 6.07) is 19.9. The normalized spacial score (nSPS) is 23.2. The van der Waals surface area contributed by atoms with Crippen LogP contribution < -0.4 is 5.73 Å². The first-order valence-corrected chi connectivity index (χ1v) is 7.25. The van der Waals surface area contributed by atoms with E-state index in [4.69, 9.17) is 5.73 Å². The fourth-order valence-corrected chi connectivity index (χ4v) is 3.13. The molecule has 3 rings (SSSR count). The van der Waals surface area contributed by atoms with E-state index >= 15 is 0 Å². The summed E-state index contributed by atoms with van der Waals surface area (Å²) in [7, 11) is 0. The van der Waals surface area contributed by atoms with Crippen LogP contribution in [0.15, 0.2) is 54.6 Å². The molecule has 0 saturated heterocycles. The van der Waals surface area contributed by atoms with Gasteiger partial charge in [0.25, 0.3) is 0 Å². The van der Waals surface area contributed by atoms with Gasteiger partial charge in [-0.3, -0.25) is 0 Å². The fraction of sp³-hybridized carbons (Fsp3) is 0.333. The molecule has 1 aliphatic rings. The fourth-order valence-electron chi connectivity index (χ4n) is 3.13. The number of nitrogens with two attached hydrogens (primary N) is 1. The second-order valence-corrected chi connectivity index (χ2v) is 5.54. The maximum absolute atomic E-state index is 6.26. The first-order valence-electron chi connectivity index (χ1n) is 7.25. The van der Waals surface area contributed by atoms with Crippen molar-refractivity contribution in [2.24, 2.45) is 5.73 Å². The van der Waals surface area contributed by atoms with Gasteiger partial charge in [0.2, 0.25) is 0 Å². The Labute approximate surface area is 115 Å². The lowest BCUT2D eigenvalue weighted by Gasteiger charge is -2.29. The predicted molar refractivity (Wildman–Crippen MR) is 81.1 cm³/mol. The summed E-state index contributed by atoms with van der Waals surface area (Å²) in [4.78, 5) is 0. The van der Waals surface area contributed by atoms with Crippen molar-refractivity contribution in [2.45, 2.75) is 37.6 Å². The molecule has 1 aliphatic carbocycles. The van der Waals surface area contributed by atoms with Crippen LogP contribution in [0.2, 0.25) is 0 Å². The number of hydrogen-bond acceptors (Lipinski definition) is 1. The molecule has 2 aromatic carbocycles. The minimum absolute atomic E-state index is 0.344. The standard InChI is InChI=1S/C18H21N/c19-18-9-5-4-8-17(18)16-12-10-15(11-13-16)14-6-2-1-3-7-14/h1-3,6-7,10-13,17-18H,4-5,8-9,19H2. The van der Waals surface area contributed by atoms with Gasteiger partial charge in [0.05, 0.1) is 0 Å². The molecule has 0 bridgehead atoms. The smallest absolute Gasteiger partial charge is 0.0108 e. The highest BCUT2D eigenvalue weighted by Gasteiger charge is 2.22. The number of rotatable bonds is 2. The molecule has 0 spiro atoms. The lowest BCUT2D eigenvalue weighted by atomic mass is 9.80. The second-order valence-electron chi connectivity index (χ2n) is 5.54. The SMILES string of the molecule is NC1CCCCC1c1ccc(-c2ccccc2)cc1. The highest BCUT2D eigenvalue weighted by Crippen LogP contribution is 2.32. The quantitative estimate of drug-likeness (QED) is 0.844. The van der Waals surface area contributed by atoms with Gasteiger partial charge in [0, 0.05) is 6.04 Å². The van der Waals surface area contributed by atoms with E-state index in [0.717, 1.165) is 0 Å². The Morgan fingerprint density at radius 1 is 0.737 bits per heavy atom. The van der Waals surface area contributed by atoms with Crippen molar-refractivity contribution in [2.75, 3.05) is 0 Å². The van der Waals surface area contributed by atoms with Crippen molar-refractivity contribution in [3.05, 3.63) is 60.2 Å². The van der Waals surface area contributed by atoms with Gasteiger partial charge >= 0.3 is 0 Å². The van der Waals surface area contributed by atoms with Crippen LogP contribution in [-0.4, -0.2) is 6.04 Å². The van der Waals surface area contributed by atoms with Crippen LogP contribution in [0.1, 0.15) is 37.2 Å². The monoisotopic (exact) mass is 251 g/mol. The van der Waals surface area contributed by atoms with Crippen molar-refractivity contribution >= 4 is 0 Å². The molecule has 19 heavy (non-hydrogen) atoms. The van der Waals surface area contributed by atoms with Crippen molar-refractivity contribution in [3.8, 4) is 11.1 Å². The molecule has 1 nitrogen and oxygen atoms in total. The lowest BCUT2D eigenvalue weighted by molar-refractivity contribution is 0.385. The Morgan fingerprint density at radius 2 is 1.37 bits per heavy atom. The van der Waals surface area contributed by atoms with Crippen molar-refractivity contribution in [1.82, 2.24) is 0 Å². The lowest BCUT2D eigenvalue weighted by Crippen LogP contribution is -2.31. The van der Waals surface area contributed by atoms with E-state index in [1.807, 2.05) is 0 Å². The van der Waals surface area contributed by atoms with Gasteiger partial charge in [-0.15, -0.1) is 0 Å². The maximum atomic E-state index is 6.26. The first kappa shape index (κ1) is 12.4. The highest BCUT2D eigenvalue weighted by atomic mass is 14.7. The van der Waals surface area contributed by atoms with Gasteiger partial charge in [0.15, 0.2) is 0 Å². The maximum Gasteiger partial charge on any atom is 0.0108 e. The Balaban J connectivity index is 1.83. The van der Waals surface area contributed by atoms with Gasteiger partial charge in [-0.2, -0.15) is 0 Å². The van der Waals surface area contributed by atoms with E-state index in [2.05, 4.69) is 54.6 Å². The van der Waals surface area contributed by atoms with Gasteiger partial charge < -0.3 is 5.73 Å². The predicted octanol–water partition coefficient (Wildman–Crippen LogP) is 4.34. The van der Waals surface area contributed by atoms with Crippen LogP contribution in [0.3, 0.4) is 0 Å². The molecule has 2 aromatic rings. The van der Waals surface area contributed by atoms with Crippen LogP contribution in [0, 0.1) is 0 Å². The number of benzene rings is 2. The molecule has 0 aromatic heterocycles. The van der Waals surface area contributed by atoms with Gasteiger partial charge in [-0.25, -0.2) is 0 Å². The zero-order chi connectivity index (χ0) is 13.1. The average molecular weight is 251 g/mol. The van der Waals surface area contributed by atoms with E-state index in [9.17, 15) is 0 Å². The molecule has 0 aliphatic heterocycles. The van der Waals surface area contributed by atoms with Crippen molar-refractivity contribution < 1.29 is 0 Å². The zero-order valence-electron chi connectivity index (χ0n) is 11.3. The highest BCUT2D eigenvalue weighted by molar-refractivity contribution is 5.63. The van der Waals surface area contributed by atoms with Crippen molar-refractivity contribution in [3.63, 3.8) is 0 Å². The summed E-state index contributed by atoms with van der Waals surface area (Å²) in [5.74, 6) is 0.554. The van der Waals surface area contributed by atoms with Crippen LogP contribution in [0.25, 0.3) is 11.1 Å². The third kappa shape index (κ3) is 2.71. The molecule has 2 N–H and O–H groups in total. The summed E-state index contributed by atoms with van der Waals surface area (Å²) in [5, 5.41) is 0. The molecule has 98 valence electrons. The van der Waals surface area contributed by atoms with E-state index in [-0.39, 0.29) is 0 Å². The topological polar surface area (TPSA) is 26.0 Å². The largest absolute Gasteiger partial charge is 0.327 e. The third-order valence-electron chi connectivity index (χ3n) is 4.27. The van der Waals surface area contributed by atoms with Crippen LogP contribution >= 0.6 is 0 Å². The molecule has 1 fully saturated rings. The Morgan fingerprint density at radius 3 is 2.05 bits per heavy atom. The summed E-state index contributed by atoms with van der Waals surface area (Å²) in [6.07, 6.45) is 5.02. The molecule has 1 heteroatoms. The molecule has 2 unspecified atom stereocenters. The Hall–Kier alpha value is -1.60. The molecule has 0 amide bonds. The Kier molecular flexibility index (Phi) is 3.65.